The van der Waals surface area contributed by atoms with E-state index in [0.29, 0.717) is 17.9 Å². The van der Waals surface area contributed by atoms with Crippen LogP contribution in [0.15, 0.2) is 12.3 Å². The number of hydrogen-bond donors (Lipinski definition) is 0. The molecular formula is C8H7ClFN5. The van der Waals surface area contributed by atoms with E-state index in [1.807, 2.05) is 0 Å². The van der Waals surface area contributed by atoms with Gasteiger partial charge in [0.25, 0.3) is 0 Å². The van der Waals surface area contributed by atoms with E-state index in [1.54, 1.807) is 11.6 Å². The summed E-state index contributed by atoms with van der Waals surface area (Å²) in [5.74, 6) is 0.116. The average Bonchev–Trinajstić information content (AvgIpc) is 2.59. The van der Waals surface area contributed by atoms with Crippen molar-refractivity contribution in [2.45, 2.75) is 13.5 Å². The molecule has 0 radical (unpaired) electrons. The molecule has 0 saturated carbocycles. The van der Waals surface area contributed by atoms with Crippen molar-refractivity contribution in [3.63, 3.8) is 0 Å². The van der Waals surface area contributed by atoms with Gasteiger partial charge in [-0.2, -0.15) is 0 Å². The molecule has 7 heteroatoms. The predicted molar refractivity (Wildman–Crippen MR) is 50.9 cm³/mol. The Bertz CT molecular complexity index is 484. The highest BCUT2D eigenvalue weighted by atomic mass is 35.5. The second-order valence-corrected chi connectivity index (χ2v) is 3.36. The molecule has 0 N–H and O–H groups in total. The van der Waals surface area contributed by atoms with Crippen LogP contribution >= 0.6 is 11.6 Å². The minimum atomic E-state index is -0.542. The summed E-state index contributed by atoms with van der Waals surface area (Å²) < 4.78 is 14.6. The van der Waals surface area contributed by atoms with Crippen LogP contribution in [0.4, 0.5) is 4.39 Å². The third-order valence-corrected chi connectivity index (χ3v) is 2.17. The molecule has 15 heavy (non-hydrogen) atoms. The Balaban J connectivity index is 2.25. The van der Waals surface area contributed by atoms with Crippen LogP contribution in [0.5, 0.6) is 0 Å². The second kappa shape index (κ2) is 3.90. The lowest BCUT2D eigenvalue weighted by Crippen LogP contribution is -2.05. The molecule has 0 atom stereocenters. The van der Waals surface area contributed by atoms with Crippen molar-refractivity contribution >= 4 is 11.6 Å². The monoisotopic (exact) mass is 227 g/mol. The normalized spacial score (nSPS) is 10.6. The first-order valence-electron chi connectivity index (χ1n) is 4.19. The van der Waals surface area contributed by atoms with Gasteiger partial charge in [-0.1, -0.05) is 11.6 Å². The lowest BCUT2D eigenvalue weighted by atomic mass is 10.3. The Morgan fingerprint density at radius 1 is 1.53 bits per heavy atom. The number of nitrogens with zero attached hydrogens (tertiary/aromatic N) is 5. The lowest BCUT2D eigenvalue weighted by molar-refractivity contribution is 0.602. The van der Waals surface area contributed by atoms with Crippen molar-refractivity contribution in [3.8, 4) is 0 Å². The number of rotatable bonds is 2. The summed E-state index contributed by atoms with van der Waals surface area (Å²) in [5, 5.41) is 10.8. The molecule has 0 aliphatic heterocycles. The Kier molecular flexibility index (Phi) is 2.59. The van der Waals surface area contributed by atoms with E-state index in [4.69, 9.17) is 11.6 Å². The van der Waals surface area contributed by atoms with Gasteiger partial charge in [-0.3, -0.25) is 0 Å². The van der Waals surface area contributed by atoms with Gasteiger partial charge in [-0.05, 0) is 29.0 Å². The average molecular weight is 228 g/mol. The van der Waals surface area contributed by atoms with E-state index in [9.17, 15) is 4.39 Å². The van der Waals surface area contributed by atoms with E-state index in [1.165, 1.54) is 12.3 Å². The molecule has 0 spiro atoms. The molecule has 0 unspecified atom stereocenters. The SMILES string of the molecule is Cc1nnnn1Cc1cnc(Cl)c(F)c1. The summed E-state index contributed by atoms with van der Waals surface area (Å²) in [4.78, 5) is 3.70. The molecule has 2 heterocycles. The summed E-state index contributed by atoms with van der Waals surface area (Å²) in [6, 6.07) is 1.32. The summed E-state index contributed by atoms with van der Waals surface area (Å²) in [6.45, 7) is 2.14. The van der Waals surface area contributed by atoms with E-state index >= 15 is 0 Å². The number of tetrazole rings is 1. The summed E-state index contributed by atoms with van der Waals surface area (Å²) in [7, 11) is 0. The first kappa shape index (κ1) is 9.97. The zero-order valence-corrected chi connectivity index (χ0v) is 8.61. The molecule has 5 nitrogen and oxygen atoms in total. The summed E-state index contributed by atoms with van der Waals surface area (Å²) in [5.41, 5.74) is 0.660. The fourth-order valence-corrected chi connectivity index (χ4v) is 1.22. The molecule has 2 aromatic rings. The smallest absolute Gasteiger partial charge is 0.164 e. The zero-order valence-electron chi connectivity index (χ0n) is 7.85. The van der Waals surface area contributed by atoms with Gasteiger partial charge < -0.3 is 0 Å². The van der Waals surface area contributed by atoms with E-state index in [-0.39, 0.29) is 5.15 Å². The molecule has 0 amide bonds. The fourth-order valence-electron chi connectivity index (χ4n) is 1.12. The van der Waals surface area contributed by atoms with Gasteiger partial charge in [0, 0.05) is 6.20 Å². The third-order valence-electron chi connectivity index (χ3n) is 1.90. The highest BCUT2D eigenvalue weighted by Gasteiger charge is 2.05. The van der Waals surface area contributed by atoms with Crippen molar-refractivity contribution in [2.24, 2.45) is 0 Å². The van der Waals surface area contributed by atoms with Gasteiger partial charge >= 0.3 is 0 Å². The fraction of sp³-hybridized carbons (Fsp3) is 0.250. The number of hydrogen-bond acceptors (Lipinski definition) is 4. The number of halogens is 2. The molecule has 0 aromatic carbocycles. The van der Waals surface area contributed by atoms with Crippen molar-refractivity contribution in [3.05, 3.63) is 34.6 Å². The Morgan fingerprint density at radius 2 is 2.33 bits per heavy atom. The van der Waals surface area contributed by atoms with E-state index in [0.717, 1.165) is 0 Å². The molecule has 78 valence electrons. The molecule has 0 fully saturated rings. The zero-order chi connectivity index (χ0) is 10.8. The maximum atomic E-state index is 13.1. The molecule has 0 saturated heterocycles. The van der Waals surface area contributed by atoms with E-state index < -0.39 is 5.82 Å². The molecular weight excluding hydrogens is 221 g/mol. The van der Waals surface area contributed by atoms with Gasteiger partial charge in [0.1, 0.15) is 5.82 Å². The van der Waals surface area contributed by atoms with Crippen LogP contribution in [0.2, 0.25) is 5.15 Å². The van der Waals surface area contributed by atoms with Crippen LogP contribution < -0.4 is 0 Å². The van der Waals surface area contributed by atoms with Crippen LogP contribution in [0.3, 0.4) is 0 Å². The van der Waals surface area contributed by atoms with Crippen molar-refractivity contribution in [1.82, 2.24) is 25.2 Å². The van der Waals surface area contributed by atoms with Gasteiger partial charge in [-0.25, -0.2) is 14.1 Å². The predicted octanol–water partition coefficient (Wildman–Crippen LogP) is 1.22. The maximum absolute atomic E-state index is 13.1. The first-order valence-corrected chi connectivity index (χ1v) is 4.57. The summed E-state index contributed by atoms with van der Waals surface area (Å²) in [6.07, 6.45) is 1.49. The standard InChI is InChI=1S/C8H7ClFN5/c1-5-12-13-14-15(5)4-6-2-7(10)8(9)11-3-6/h2-3H,4H2,1H3. The van der Waals surface area contributed by atoms with Gasteiger partial charge in [0.2, 0.25) is 0 Å². The van der Waals surface area contributed by atoms with Crippen LogP contribution in [-0.2, 0) is 6.54 Å². The second-order valence-electron chi connectivity index (χ2n) is 3.00. The highest BCUT2D eigenvalue weighted by molar-refractivity contribution is 6.29. The Labute approximate surface area is 89.9 Å². The molecule has 2 aromatic heterocycles. The minimum Gasteiger partial charge on any atom is -0.241 e. The quantitative estimate of drug-likeness (QED) is 0.724. The van der Waals surface area contributed by atoms with Crippen molar-refractivity contribution in [1.29, 1.82) is 0 Å². The van der Waals surface area contributed by atoms with Crippen LogP contribution in [0.25, 0.3) is 0 Å². The van der Waals surface area contributed by atoms with Gasteiger partial charge in [-0.15, -0.1) is 5.10 Å². The highest BCUT2D eigenvalue weighted by Crippen LogP contribution is 2.12. The minimum absolute atomic E-state index is 0.132. The largest absolute Gasteiger partial charge is 0.241 e. The van der Waals surface area contributed by atoms with Crippen LogP contribution in [-0.4, -0.2) is 25.2 Å². The molecule has 0 aliphatic rings. The number of pyridine rings is 1. The Morgan fingerprint density at radius 3 is 2.93 bits per heavy atom. The molecule has 0 aliphatic carbocycles. The third kappa shape index (κ3) is 2.10. The molecule has 0 bridgehead atoms. The van der Waals surface area contributed by atoms with Crippen LogP contribution in [0.1, 0.15) is 11.4 Å². The number of aromatic nitrogens is 5. The maximum Gasteiger partial charge on any atom is 0.164 e. The van der Waals surface area contributed by atoms with Crippen LogP contribution in [0, 0.1) is 12.7 Å². The van der Waals surface area contributed by atoms with Gasteiger partial charge in [0.05, 0.1) is 6.54 Å². The topological polar surface area (TPSA) is 56.5 Å². The molecule has 2 rings (SSSR count). The lowest BCUT2D eigenvalue weighted by Gasteiger charge is -2.02. The summed E-state index contributed by atoms with van der Waals surface area (Å²) >= 11 is 5.46. The van der Waals surface area contributed by atoms with Gasteiger partial charge in [0.15, 0.2) is 11.0 Å². The van der Waals surface area contributed by atoms with E-state index in [2.05, 4.69) is 20.5 Å². The first-order chi connectivity index (χ1) is 7.16. The number of aryl methyl sites for hydroxylation is 1. The van der Waals surface area contributed by atoms with Crippen molar-refractivity contribution in [2.75, 3.05) is 0 Å². The van der Waals surface area contributed by atoms with Crippen molar-refractivity contribution < 1.29 is 4.39 Å². The Hall–Kier alpha value is -1.56.